The third-order valence-electron chi connectivity index (χ3n) is 2.25. The summed E-state index contributed by atoms with van der Waals surface area (Å²) in [5.74, 6) is 0.311. The zero-order valence-corrected chi connectivity index (χ0v) is 10.3. The van der Waals surface area contributed by atoms with Crippen molar-refractivity contribution in [2.45, 2.75) is 0 Å². The monoisotopic (exact) mass is 249 g/mol. The minimum atomic E-state index is -0.420. The number of thiazole rings is 1. The van der Waals surface area contributed by atoms with Crippen molar-refractivity contribution < 1.29 is 14.3 Å². The SMILES string of the molecule is COC(=O)c1nc(-c2ccccc2OC)cs1. The van der Waals surface area contributed by atoms with Crippen LogP contribution in [0, 0.1) is 0 Å². The van der Waals surface area contributed by atoms with Gasteiger partial charge in [0.05, 0.1) is 19.9 Å². The molecule has 2 aromatic rings. The summed E-state index contributed by atoms with van der Waals surface area (Å²) in [5, 5.41) is 2.15. The first kappa shape index (κ1) is 11.6. The van der Waals surface area contributed by atoms with Gasteiger partial charge in [0.25, 0.3) is 0 Å². The predicted octanol–water partition coefficient (Wildman–Crippen LogP) is 2.61. The molecule has 0 saturated heterocycles. The van der Waals surface area contributed by atoms with Crippen molar-refractivity contribution in [2.24, 2.45) is 0 Å². The van der Waals surface area contributed by atoms with E-state index < -0.39 is 5.97 Å². The minimum absolute atomic E-state index is 0.341. The van der Waals surface area contributed by atoms with Gasteiger partial charge in [0.15, 0.2) is 0 Å². The Hall–Kier alpha value is -1.88. The highest BCUT2D eigenvalue weighted by atomic mass is 32.1. The summed E-state index contributed by atoms with van der Waals surface area (Å²) < 4.78 is 9.86. The van der Waals surface area contributed by atoms with E-state index in [1.807, 2.05) is 29.6 Å². The Labute approximate surface area is 103 Å². The summed E-state index contributed by atoms with van der Waals surface area (Å²) in [5.41, 5.74) is 1.58. The number of hydrogen-bond donors (Lipinski definition) is 0. The molecule has 0 amide bonds. The molecule has 5 heteroatoms. The van der Waals surface area contributed by atoms with E-state index in [0.29, 0.717) is 10.7 Å². The van der Waals surface area contributed by atoms with Crippen molar-refractivity contribution in [1.29, 1.82) is 0 Å². The Balaban J connectivity index is 2.40. The first-order valence-electron chi connectivity index (χ1n) is 4.93. The predicted molar refractivity (Wildman–Crippen MR) is 65.4 cm³/mol. The van der Waals surface area contributed by atoms with Crippen molar-refractivity contribution in [3.8, 4) is 17.0 Å². The van der Waals surface area contributed by atoms with Crippen LogP contribution in [0.4, 0.5) is 0 Å². The molecule has 1 heterocycles. The first-order valence-corrected chi connectivity index (χ1v) is 5.81. The number of carbonyl (C=O) groups excluding carboxylic acids is 1. The summed E-state index contributed by atoms with van der Waals surface area (Å²) in [4.78, 5) is 15.5. The average Bonchev–Trinajstić information content (AvgIpc) is 2.87. The van der Waals surface area contributed by atoms with E-state index in [-0.39, 0.29) is 0 Å². The van der Waals surface area contributed by atoms with Crippen molar-refractivity contribution in [3.63, 3.8) is 0 Å². The van der Waals surface area contributed by atoms with E-state index in [1.54, 1.807) is 7.11 Å². The third-order valence-corrected chi connectivity index (χ3v) is 3.07. The van der Waals surface area contributed by atoms with Crippen LogP contribution >= 0.6 is 11.3 Å². The largest absolute Gasteiger partial charge is 0.496 e. The topological polar surface area (TPSA) is 48.4 Å². The number of carbonyl (C=O) groups is 1. The number of aromatic nitrogens is 1. The molecule has 1 aromatic heterocycles. The van der Waals surface area contributed by atoms with E-state index in [4.69, 9.17) is 4.74 Å². The van der Waals surface area contributed by atoms with Gasteiger partial charge >= 0.3 is 5.97 Å². The lowest BCUT2D eigenvalue weighted by molar-refractivity contribution is 0.0600. The highest BCUT2D eigenvalue weighted by Gasteiger charge is 2.14. The van der Waals surface area contributed by atoms with Crippen molar-refractivity contribution in [3.05, 3.63) is 34.7 Å². The third kappa shape index (κ3) is 2.29. The lowest BCUT2D eigenvalue weighted by Gasteiger charge is -2.04. The molecule has 4 nitrogen and oxygen atoms in total. The number of benzene rings is 1. The van der Waals surface area contributed by atoms with Gasteiger partial charge in [-0.05, 0) is 12.1 Å². The molecule has 88 valence electrons. The normalized spacial score (nSPS) is 10.0. The van der Waals surface area contributed by atoms with Crippen LogP contribution in [0.15, 0.2) is 29.6 Å². The van der Waals surface area contributed by atoms with Gasteiger partial charge in [-0.25, -0.2) is 9.78 Å². The van der Waals surface area contributed by atoms with Crippen LogP contribution in [0.1, 0.15) is 9.80 Å². The number of para-hydroxylation sites is 1. The van der Waals surface area contributed by atoms with Crippen molar-refractivity contribution in [2.75, 3.05) is 14.2 Å². The molecule has 0 atom stereocenters. The van der Waals surface area contributed by atoms with Gasteiger partial charge in [-0.1, -0.05) is 12.1 Å². The zero-order chi connectivity index (χ0) is 12.3. The quantitative estimate of drug-likeness (QED) is 0.784. The van der Waals surface area contributed by atoms with E-state index >= 15 is 0 Å². The van der Waals surface area contributed by atoms with E-state index in [0.717, 1.165) is 11.3 Å². The second-order valence-electron chi connectivity index (χ2n) is 3.23. The standard InChI is InChI=1S/C12H11NO3S/c1-15-10-6-4-3-5-8(10)9-7-17-11(13-9)12(14)16-2/h3-7H,1-2H3. The van der Waals surface area contributed by atoms with E-state index in [9.17, 15) is 4.79 Å². The lowest BCUT2D eigenvalue weighted by atomic mass is 10.1. The fourth-order valence-corrected chi connectivity index (χ4v) is 2.17. The summed E-state index contributed by atoms with van der Waals surface area (Å²) in [6.45, 7) is 0. The molecule has 0 N–H and O–H groups in total. The summed E-state index contributed by atoms with van der Waals surface area (Å²) in [6.07, 6.45) is 0. The van der Waals surface area contributed by atoms with Crippen LogP contribution in [-0.4, -0.2) is 25.2 Å². The number of ether oxygens (including phenoxy) is 2. The molecule has 0 unspecified atom stereocenters. The number of nitrogens with zero attached hydrogens (tertiary/aromatic N) is 1. The van der Waals surface area contributed by atoms with Gasteiger partial charge in [0.1, 0.15) is 5.75 Å². The van der Waals surface area contributed by atoms with Crippen LogP contribution < -0.4 is 4.74 Å². The van der Waals surface area contributed by atoms with Crippen molar-refractivity contribution >= 4 is 17.3 Å². The van der Waals surface area contributed by atoms with Gasteiger partial charge < -0.3 is 9.47 Å². The Morgan fingerprint density at radius 3 is 2.76 bits per heavy atom. The smallest absolute Gasteiger partial charge is 0.367 e. The van der Waals surface area contributed by atoms with E-state index in [2.05, 4.69) is 9.72 Å². The maximum atomic E-state index is 11.3. The zero-order valence-electron chi connectivity index (χ0n) is 9.47. The van der Waals surface area contributed by atoms with Crippen LogP contribution in [0.25, 0.3) is 11.3 Å². The van der Waals surface area contributed by atoms with Gasteiger partial charge in [-0.2, -0.15) is 0 Å². The molecule has 1 aromatic carbocycles. The van der Waals surface area contributed by atoms with Crippen LogP contribution in [-0.2, 0) is 4.74 Å². The molecule has 0 radical (unpaired) electrons. The molecule has 0 fully saturated rings. The Bertz CT molecular complexity index is 536. The molecular weight excluding hydrogens is 238 g/mol. The molecule has 2 rings (SSSR count). The Kier molecular flexibility index (Phi) is 3.39. The molecule has 0 spiro atoms. The Morgan fingerprint density at radius 2 is 2.06 bits per heavy atom. The summed E-state index contributed by atoms with van der Waals surface area (Å²) >= 11 is 1.26. The van der Waals surface area contributed by atoms with Crippen LogP contribution in [0.3, 0.4) is 0 Å². The second kappa shape index (κ2) is 4.97. The summed E-state index contributed by atoms with van der Waals surface area (Å²) in [6, 6.07) is 7.53. The molecule has 0 aliphatic carbocycles. The lowest BCUT2D eigenvalue weighted by Crippen LogP contribution is -1.99. The highest BCUT2D eigenvalue weighted by Crippen LogP contribution is 2.30. The van der Waals surface area contributed by atoms with Crippen molar-refractivity contribution in [1.82, 2.24) is 4.98 Å². The number of rotatable bonds is 3. The van der Waals surface area contributed by atoms with Gasteiger partial charge in [0.2, 0.25) is 5.01 Å². The van der Waals surface area contributed by atoms with E-state index in [1.165, 1.54) is 18.4 Å². The fraction of sp³-hybridized carbons (Fsp3) is 0.167. The summed E-state index contributed by atoms with van der Waals surface area (Å²) in [7, 11) is 2.94. The van der Waals surface area contributed by atoms with Crippen LogP contribution in [0.5, 0.6) is 5.75 Å². The maximum Gasteiger partial charge on any atom is 0.367 e. The van der Waals surface area contributed by atoms with Gasteiger partial charge in [-0.3, -0.25) is 0 Å². The van der Waals surface area contributed by atoms with Gasteiger partial charge in [-0.15, -0.1) is 11.3 Å². The molecule has 0 saturated carbocycles. The molecule has 0 aliphatic heterocycles. The Morgan fingerprint density at radius 1 is 1.29 bits per heavy atom. The first-order chi connectivity index (χ1) is 8.26. The fourth-order valence-electron chi connectivity index (χ4n) is 1.43. The average molecular weight is 249 g/mol. The number of esters is 1. The van der Waals surface area contributed by atoms with Crippen LogP contribution in [0.2, 0.25) is 0 Å². The molecule has 0 aliphatic rings. The molecule has 0 bridgehead atoms. The highest BCUT2D eigenvalue weighted by molar-refractivity contribution is 7.11. The maximum absolute atomic E-state index is 11.3. The second-order valence-corrected chi connectivity index (χ2v) is 4.09. The minimum Gasteiger partial charge on any atom is -0.496 e. The number of methoxy groups -OCH3 is 2. The molecule has 17 heavy (non-hydrogen) atoms. The number of hydrogen-bond acceptors (Lipinski definition) is 5. The molecular formula is C12H11NO3S. The van der Waals surface area contributed by atoms with Gasteiger partial charge in [0, 0.05) is 10.9 Å².